The first-order chi connectivity index (χ1) is 7.31. The van der Waals surface area contributed by atoms with E-state index in [9.17, 15) is 4.39 Å². The Labute approximate surface area is 87.4 Å². The van der Waals surface area contributed by atoms with E-state index in [2.05, 4.69) is 4.98 Å². The third kappa shape index (κ3) is 1.96. The quantitative estimate of drug-likeness (QED) is 0.748. The van der Waals surface area contributed by atoms with E-state index in [0.29, 0.717) is 16.9 Å². The number of aromatic nitrogens is 1. The normalized spacial score (nSPS) is 10.0. The Kier molecular flexibility index (Phi) is 2.63. The summed E-state index contributed by atoms with van der Waals surface area (Å²) < 4.78 is 18.5. The zero-order valence-corrected chi connectivity index (χ0v) is 8.27. The minimum atomic E-state index is -0.257. The van der Waals surface area contributed by atoms with E-state index in [1.54, 1.807) is 43.8 Å². The van der Waals surface area contributed by atoms with E-state index in [-0.39, 0.29) is 5.82 Å². The van der Waals surface area contributed by atoms with Crippen molar-refractivity contribution in [3.05, 3.63) is 48.5 Å². The largest absolute Gasteiger partial charge is 0.495 e. The molecule has 3 heteroatoms. The molecule has 0 aliphatic heterocycles. The smallest absolute Gasteiger partial charge is 0.137 e. The van der Waals surface area contributed by atoms with Crippen LogP contribution in [-0.4, -0.2) is 12.1 Å². The Hall–Kier alpha value is -1.90. The van der Waals surface area contributed by atoms with E-state index >= 15 is 0 Å². The summed E-state index contributed by atoms with van der Waals surface area (Å²) in [6.45, 7) is 0. The molecule has 0 aliphatic rings. The molecule has 2 aromatic rings. The van der Waals surface area contributed by atoms with Gasteiger partial charge in [0.1, 0.15) is 11.6 Å². The maximum absolute atomic E-state index is 13.4. The van der Waals surface area contributed by atoms with Crippen molar-refractivity contribution in [1.82, 2.24) is 4.98 Å². The molecule has 0 atom stereocenters. The summed E-state index contributed by atoms with van der Waals surface area (Å²) >= 11 is 0. The summed E-state index contributed by atoms with van der Waals surface area (Å²) in [4.78, 5) is 3.98. The van der Waals surface area contributed by atoms with Gasteiger partial charge in [-0.3, -0.25) is 4.98 Å². The molecule has 2 rings (SSSR count). The van der Waals surface area contributed by atoms with Crippen LogP contribution >= 0.6 is 0 Å². The molecule has 0 spiro atoms. The van der Waals surface area contributed by atoms with Crippen molar-refractivity contribution < 1.29 is 9.13 Å². The first kappa shape index (κ1) is 9.65. The van der Waals surface area contributed by atoms with Crippen molar-refractivity contribution in [2.24, 2.45) is 0 Å². The Bertz CT molecular complexity index is 471. The zero-order valence-electron chi connectivity index (χ0n) is 8.27. The summed E-state index contributed by atoms with van der Waals surface area (Å²) in [5.74, 6) is 0.364. The first-order valence-electron chi connectivity index (χ1n) is 4.55. The molecule has 1 aromatic carbocycles. The molecule has 1 heterocycles. The van der Waals surface area contributed by atoms with Gasteiger partial charge in [0.2, 0.25) is 0 Å². The molecule has 0 aliphatic carbocycles. The minimum Gasteiger partial charge on any atom is -0.495 e. The molecule has 0 unspecified atom stereocenters. The second-order valence-electron chi connectivity index (χ2n) is 3.09. The number of nitrogens with zero attached hydrogens (tertiary/aromatic N) is 1. The molecule has 0 N–H and O–H groups in total. The highest BCUT2D eigenvalue weighted by molar-refractivity contribution is 5.64. The number of hydrogen-bond acceptors (Lipinski definition) is 2. The van der Waals surface area contributed by atoms with Gasteiger partial charge in [-0.05, 0) is 12.1 Å². The first-order valence-corrected chi connectivity index (χ1v) is 4.55. The van der Waals surface area contributed by atoms with Gasteiger partial charge in [0.25, 0.3) is 0 Å². The number of halogens is 1. The number of benzene rings is 1. The lowest BCUT2D eigenvalue weighted by Gasteiger charge is -2.04. The topological polar surface area (TPSA) is 22.1 Å². The van der Waals surface area contributed by atoms with Crippen LogP contribution in [0.2, 0.25) is 0 Å². The van der Waals surface area contributed by atoms with Crippen molar-refractivity contribution in [2.45, 2.75) is 0 Å². The van der Waals surface area contributed by atoms with Crippen LogP contribution in [-0.2, 0) is 0 Å². The molecular weight excluding hydrogens is 193 g/mol. The number of methoxy groups -OCH3 is 1. The van der Waals surface area contributed by atoms with Crippen molar-refractivity contribution in [1.29, 1.82) is 0 Å². The van der Waals surface area contributed by atoms with Crippen molar-refractivity contribution in [3.8, 4) is 16.9 Å². The van der Waals surface area contributed by atoms with Gasteiger partial charge in [-0.15, -0.1) is 0 Å². The fourth-order valence-electron chi connectivity index (χ4n) is 1.37. The summed E-state index contributed by atoms with van der Waals surface area (Å²) in [5.41, 5.74) is 1.25. The fraction of sp³-hybridized carbons (Fsp3) is 0.0833. The van der Waals surface area contributed by atoms with E-state index in [0.717, 1.165) is 0 Å². The van der Waals surface area contributed by atoms with Crippen molar-refractivity contribution >= 4 is 0 Å². The third-order valence-corrected chi connectivity index (χ3v) is 2.13. The molecule has 0 radical (unpaired) electrons. The lowest BCUT2D eigenvalue weighted by atomic mass is 10.1. The summed E-state index contributed by atoms with van der Waals surface area (Å²) in [7, 11) is 1.56. The van der Waals surface area contributed by atoms with Crippen LogP contribution in [0.25, 0.3) is 11.1 Å². The summed E-state index contributed by atoms with van der Waals surface area (Å²) in [6.07, 6.45) is 3.20. The lowest BCUT2D eigenvalue weighted by molar-refractivity contribution is 0.413. The number of ether oxygens (including phenoxy) is 1. The average Bonchev–Trinajstić information content (AvgIpc) is 2.30. The molecule has 0 saturated heterocycles. The summed E-state index contributed by atoms with van der Waals surface area (Å²) in [6, 6.07) is 8.34. The Balaban J connectivity index is 2.49. The van der Waals surface area contributed by atoms with Crippen molar-refractivity contribution in [2.75, 3.05) is 7.11 Å². The predicted molar refractivity (Wildman–Crippen MR) is 56.2 cm³/mol. The van der Waals surface area contributed by atoms with Gasteiger partial charge in [0.05, 0.1) is 13.3 Å². The monoisotopic (exact) mass is 203 g/mol. The third-order valence-electron chi connectivity index (χ3n) is 2.13. The van der Waals surface area contributed by atoms with Crippen LogP contribution in [0.15, 0.2) is 42.7 Å². The van der Waals surface area contributed by atoms with Gasteiger partial charge < -0.3 is 4.74 Å². The molecule has 0 saturated carbocycles. The number of pyridine rings is 1. The van der Waals surface area contributed by atoms with Gasteiger partial charge in [-0.1, -0.05) is 18.2 Å². The van der Waals surface area contributed by atoms with Gasteiger partial charge in [0, 0.05) is 17.3 Å². The number of hydrogen-bond donors (Lipinski definition) is 0. The Morgan fingerprint density at radius 3 is 2.73 bits per heavy atom. The summed E-state index contributed by atoms with van der Waals surface area (Å²) in [5, 5.41) is 0. The molecular formula is C12H10FNO. The lowest BCUT2D eigenvalue weighted by Crippen LogP contribution is -1.88. The highest BCUT2D eigenvalue weighted by atomic mass is 19.1. The Morgan fingerprint density at radius 1 is 1.20 bits per heavy atom. The SMILES string of the molecule is COc1cncc(-c2ccccc2F)c1. The van der Waals surface area contributed by atoms with Crippen LogP contribution in [0.4, 0.5) is 4.39 Å². The highest BCUT2D eigenvalue weighted by Crippen LogP contribution is 2.24. The van der Waals surface area contributed by atoms with E-state index in [4.69, 9.17) is 4.74 Å². The molecule has 0 fully saturated rings. The molecule has 0 amide bonds. The van der Waals surface area contributed by atoms with Crippen LogP contribution in [0.5, 0.6) is 5.75 Å². The molecule has 1 aromatic heterocycles. The molecule has 15 heavy (non-hydrogen) atoms. The standard InChI is InChI=1S/C12H10FNO/c1-15-10-6-9(7-14-8-10)11-4-2-3-5-12(11)13/h2-8H,1H3. The maximum atomic E-state index is 13.4. The second kappa shape index (κ2) is 4.09. The van der Waals surface area contributed by atoms with Crippen LogP contribution in [0.3, 0.4) is 0 Å². The van der Waals surface area contributed by atoms with Crippen LogP contribution in [0, 0.1) is 5.82 Å². The van der Waals surface area contributed by atoms with Crippen molar-refractivity contribution in [3.63, 3.8) is 0 Å². The van der Waals surface area contributed by atoms with Gasteiger partial charge in [-0.25, -0.2) is 4.39 Å². The molecule has 0 bridgehead atoms. The zero-order chi connectivity index (χ0) is 10.7. The number of rotatable bonds is 2. The second-order valence-corrected chi connectivity index (χ2v) is 3.09. The van der Waals surface area contributed by atoms with E-state index in [1.807, 2.05) is 0 Å². The van der Waals surface area contributed by atoms with E-state index in [1.165, 1.54) is 6.07 Å². The molecule has 76 valence electrons. The average molecular weight is 203 g/mol. The highest BCUT2D eigenvalue weighted by Gasteiger charge is 2.04. The van der Waals surface area contributed by atoms with Crippen LogP contribution < -0.4 is 4.74 Å². The van der Waals surface area contributed by atoms with Gasteiger partial charge >= 0.3 is 0 Å². The van der Waals surface area contributed by atoms with E-state index < -0.39 is 0 Å². The Morgan fingerprint density at radius 2 is 2.00 bits per heavy atom. The van der Waals surface area contributed by atoms with Gasteiger partial charge in [-0.2, -0.15) is 0 Å². The molecule has 2 nitrogen and oxygen atoms in total. The van der Waals surface area contributed by atoms with Gasteiger partial charge in [0.15, 0.2) is 0 Å². The minimum absolute atomic E-state index is 0.257. The van der Waals surface area contributed by atoms with Crippen LogP contribution in [0.1, 0.15) is 0 Å². The maximum Gasteiger partial charge on any atom is 0.137 e. The fourth-order valence-corrected chi connectivity index (χ4v) is 1.37. The predicted octanol–water partition coefficient (Wildman–Crippen LogP) is 2.90.